The summed E-state index contributed by atoms with van der Waals surface area (Å²) >= 11 is 0. The van der Waals surface area contributed by atoms with Gasteiger partial charge in [-0.1, -0.05) is 30.7 Å². The minimum Gasteiger partial charge on any atom is -0.317 e. The second-order valence-electron chi connectivity index (χ2n) is 6.02. The number of hydrogen-bond acceptors (Lipinski definition) is 2. The molecule has 3 heteroatoms. The summed E-state index contributed by atoms with van der Waals surface area (Å²) in [7, 11) is 0. The molecule has 0 saturated carbocycles. The third-order valence-corrected chi connectivity index (χ3v) is 4.30. The van der Waals surface area contributed by atoms with E-state index in [0.717, 1.165) is 29.0 Å². The Morgan fingerprint density at radius 2 is 1.88 bits per heavy atom. The van der Waals surface area contributed by atoms with Crippen molar-refractivity contribution in [2.75, 3.05) is 0 Å². The summed E-state index contributed by atoms with van der Waals surface area (Å²) in [6.07, 6.45) is 4.85. The Balaban J connectivity index is 1.80. The van der Waals surface area contributed by atoms with Crippen LogP contribution >= 0.6 is 0 Å². The molecule has 24 heavy (non-hydrogen) atoms. The van der Waals surface area contributed by atoms with Gasteiger partial charge in [-0.15, -0.1) is 0 Å². The van der Waals surface area contributed by atoms with Crippen LogP contribution in [0.2, 0.25) is 0 Å². The largest absolute Gasteiger partial charge is 0.317 e. The van der Waals surface area contributed by atoms with Crippen molar-refractivity contribution in [3.05, 3.63) is 78.2 Å². The minimum atomic E-state index is 0.787. The molecule has 3 heterocycles. The molecule has 0 N–H and O–H groups in total. The molecule has 0 saturated heterocycles. The Labute approximate surface area is 141 Å². The van der Waals surface area contributed by atoms with Crippen LogP contribution in [0.5, 0.6) is 0 Å². The van der Waals surface area contributed by atoms with Crippen molar-refractivity contribution < 1.29 is 0 Å². The van der Waals surface area contributed by atoms with Gasteiger partial charge in [0.1, 0.15) is 0 Å². The maximum absolute atomic E-state index is 4.62. The first-order valence-corrected chi connectivity index (χ1v) is 8.25. The average molecular weight is 313 g/mol. The second kappa shape index (κ2) is 5.93. The quantitative estimate of drug-likeness (QED) is 0.536. The van der Waals surface area contributed by atoms with E-state index >= 15 is 0 Å². The normalized spacial score (nSPS) is 11.1. The molecule has 118 valence electrons. The van der Waals surface area contributed by atoms with Gasteiger partial charge in [-0.05, 0) is 55.3 Å². The van der Waals surface area contributed by atoms with E-state index in [1.165, 1.54) is 16.8 Å². The summed E-state index contributed by atoms with van der Waals surface area (Å²) in [5.41, 5.74) is 6.95. The van der Waals surface area contributed by atoms with Crippen LogP contribution in [0.4, 0.5) is 0 Å². The van der Waals surface area contributed by atoms with Crippen LogP contribution in [0.1, 0.15) is 18.2 Å². The molecule has 0 fully saturated rings. The SMILES string of the molecule is CCc1ccnc(-c2ccn3c(-c4cccc(C)c4)ccc3c2)n1. The Bertz CT molecular complexity index is 1010. The van der Waals surface area contributed by atoms with Gasteiger partial charge in [0, 0.05) is 29.2 Å². The van der Waals surface area contributed by atoms with Crippen molar-refractivity contribution >= 4 is 5.52 Å². The molecular formula is C21H19N3. The molecule has 4 rings (SSSR count). The maximum atomic E-state index is 4.62. The van der Waals surface area contributed by atoms with E-state index < -0.39 is 0 Å². The maximum Gasteiger partial charge on any atom is 0.159 e. The fraction of sp³-hybridized carbons (Fsp3) is 0.143. The minimum absolute atomic E-state index is 0.787. The van der Waals surface area contributed by atoms with Crippen LogP contribution in [0.25, 0.3) is 28.2 Å². The predicted molar refractivity (Wildman–Crippen MR) is 98.0 cm³/mol. The summed E-state index contributed by atoms with van der Waals surface area (Å²) in [6, 6.07) is 19.1. The van der Waals surface area contributed by atoms with Gasteiger partial charge >= 0.3 is 0 Å². The van der Waals surface area contributed by atoms with Crippen molar-refractivity contribution in [1.29, 1.82) is 0 Å². The lowest BCUT2D eigenvalue weighted by Crippen LogP contribution is -1.95. The van der Waals surface area contributed by atoms with Crippen LogP contribution in [0.3, 0.4) is 0 Å². The number of aromatic nitrogens is 3. The number of aryl methyl sites for hydroxylation is 2. The van der Waals surface area contributed by atoms with E-state index in [1.807, 2.05) is 12.3 Å². The third-order valence-electron chi connectivity index (χ3n) is 4.30. The van der Waals surface area contributed by atoms with Gasteiger partial charge in [-0.3, -0.25) is 0 Å². The molecule has 0 bridgehead atoms. The van der Waals surface area contributed by atoms with Crippen LogP contribution < -0.4 is 0 Å². The lowest BCUT2D eigenvalue weighted by molar-refractivity contribution is 1.00. The Hall–Kier alpha value is -2.94. The summed E-state index contributed by atoms with van der Waals surface area (Å²) in [5.74, 6) is 0.787. The number of pyridine rings is 1. The molecule has 0 spiro atoms. The Kier molecular flexibility index (Phi) is 3.62. The van der Waals surface area contributed by atoms with E-state index in [4.69, 9.17) is 0 Å². The molecule has 1 aromatic carbocycles. The van der Waals surface area contributed by atoms with Gasteiger partial charge in [-0.25, -0.2) is 9.97 Å². The number of fused-ring (bicyclic) bond motifs is 1. The molecule has 3 aromatic heterocycles. The van der Waals surface area contributed by atoms with E-state index in [9.17, 15) is 0 Å². The van der Waals surface area contributed by atoms with E-state index in [-0.39, 0.29) is 0 Å². The zero-order valence-corrected chi connectivity index (χ0v) is 13.9. The summed E-state index contributed by atoms with van der Waals surface area (Å²) in [4.78, 5) is 9.05. The average Bonchev–Trinajstić information content (AvgIpc) is 3.05. The van der Waals surface area contributed by atoms with Gasteiger partial charge in [0.15, 0.2) is 5.82 Å². The van der Waals surface area contributed by atoms with Gasteiger partial charge in [0.25, 0.3) is 0 Å². The van der Waals surface area contributed by atoms with Gasteiger partial charge in [-0.2, -0.15) is 0 Å². The van der Waals surface area contributed by atoms with Crippen LogP contribution in [0, 0.1) is 6.92 Å². The van der Waals surface area contributed by atoms with Gasteiger partial charge < -0.3 is 4.40 Å². The molecule has 4 aromatic rings. The van der Waals surface area contributed by atoms with Crippen LogP contribution in [0.15, 0.2) is 67.0 Å². The monoisotopic (exact) mass is 313 g/mol. The first-order chi connectivity index (χ1) is 11.7. The van der Waals surface area contributed by atoms with E-state index in [1.54, 1.807) is 0 Å². The standard InChI is InChI=1S/C21H19N3/c1-3-18-9-11-22-21(23-18)17-10-12-24-19(14-17)7-8-20(24)16-6-4-5-15(2)13-16/h4-14H,3H2,1-2H3. The first kappa shape index (κ1) is 14.6. The molecule has 3 nitrogen and oxygen atoms in total. The molecule has 0 amide bonds. The number of nitrogens with zero attached hydrogens (tertiary/aromatic N) is 3. The van der Waals surface area contributed by atoms with Crippen molar-refractivity contribution in [3.8, 4) is 22.6 Å². The first-order valence-electron chi connectivity index (χ1n) is 8.25. The summed E-state index contributed by atoms with van der Waals surface area (Å²) in [6.45, 7) is 4.23. The Morgan fingerprint density at radius 3 is 2.71 bits per heavy atom. The lowest BCUT2D eigenvalue weighted by atomic mass is 10.1. The van der Waals surface area contributed by atoms with Crippen molar-refractivity contribution in [3.63, 3.8) is 0 Å². The van der Waals surface area contributed by atoms with Crippen LogP contribution in [-0.2, 0) is 6.42 Å². The third kappa shape index (κ3) is 2.58. The molecule has 0 aliphatic heterocycles. The Morgan fingerprint density at radius 1 is 0.958 bits per heavy atom. The number of benzene rings is 1. The molecule has 0 aliphatic carbocycles. The molecule has 0 unspecified atom stereocenters. The number of rotatable bonds is 3. The smallest absolute Gasteiger partial charge is 0.159 e. The highest BCUT2D eigenvalue weighted by Gasteiger charge is 2.08. The number of hydrogen-bond donors (Lipinski definition) is 0. The van der Waals surface area contributed by atoms with Crippen LogP contribution in [-0.4, -0.2) is 14.4 Å². The molecular weight excluding hydrogens is 294 g/mol. The van der Waals surface area contributed by atoms with E-state index in [0.29, 0.717) is 0 Å². The lowest BCUT2D eigenvalue weighted by Gasteiger charge is -2.07. The zero-order chi connectivity index (χ0) is 16.5. The van der Waals surface area contributed by atoms with Crippen molar-refractivity contribution in [2.24, 2.45) is 0 Å². The van der Waals surface area contributed by atoms with Gasteiger partial charge in [0.05, 0.1) is 5.69 Å². The molecule has 0 radical (unpaired) electrons. The second-order valence-corrected chi connectivity index (χ2v) is 6.02. The predicted octanol–water partition coefficient (Wildman–Crippen LogP) is 4.93. The highest BCUT2D eigenvalue weighted by atomic mass is 14.9. The molecule has 0 aliphatic rings. The van der Waals surface area contributed by atoms with Crippen molar-refractivity contribution in [2.45, 2.75) is 20.3 Å². The molecule has 0 atom stereocenters. The highest BCUT2D eigenvalue weighted by molar-refractivity contribution is 5.71. The van der Waals surface area contributed by atoms with E-state index in [2.05, 4.69) is 82.9 Å². The summed E-state index contributed by atoms with van der Waals surface area (Å²) < 4.78 is 2.21. The fourth-order valence-corrected chi connectivity index (χ4v) is 3.02. The zero-order valence-electron chi connectivity index (χ0n) is 13.9. The van der Waals surface area contributed by atoms with Gasteiger partial charge in [0.2, 0.25) is 0 Å². The fourth-order valence-electron chi connectivity index (χ4n) is 3.02. The highest BCUT2D eigenvalue weighted by Crippen LogP contribution is 2.26. The summed E-state index contributed by atoms with van der Waals surface area (Å²) in [5, 5.41) is 0. The van der Waals surface area contributed by atoms with Crippen molar-refractivity contribution in [1.82, 2.24) is 14.4 Å². The topological polar surface area (TPSA) is 30.2 Å².